The Morgan fingerprint density at radius 1 is 1.75 bits per heavy atom. The summed E-state index contributed by atoms with van der Waals surface area (Å²) in [4.78, 5) is 24.4. The smallest absolute Gasteiger partial charge is 0.422 e. The highest BCUT2D eigenvalue weighted by molar-refractivity contribution is 5.70. The molecule has 5 heteroatoms. The molecule has 12 heavy (non-hydrogen) atoms. The minimum absolute atomic E-state index is 0.259. The van der Waals surface area contributed by atoms with Gasteiger partial charge in [-0.3, -0.25) is 0 Å². The van der Waals surface area contributed by atoms with Crippen LogP contribution in [-0.2, 0) is 4.74 Å². The molecule has 0 saturated heterocycles. The Morgan fingerprint density at radius 2 is 2.42 bits per heavy atom. The first-order valence-electron chi connectivity index (χ1n) is 3.60. The second kappa shape index (κ2) is 3.25. The van der Waals surface area contributed by atoms with Gasteiger partial charge in [0.05, 0.1) is 6.61 Å². The van der Waals surface area contributed by atoms with Crippen molar-refractivity contribution >= 4 is 6.09 Å². The number of aromatic nitrogens is 2. The van der Waals surface area contributed by atoms with Gasteiger partial charge < -0.3 is 9.72 Å². The van der Waals surface area contributed by atoms with Gasteiger partial charge in [0.1, 0.15) is 0 Å². The number of imidazole rings is 1. The Hall–Kier alpha value is -1.52. The largest absolute Gasteiger partial charge is 0.449 e. The van der Waals surface area contributed by atoms with E-state index in [0.717, 1.165) is 4.57 Å². The number of nitrogens with zero attached hydrogens (tertiary/aromatic N) is 1. The number of aromatic amines is 1. The average molecular weight is 170 g/mol. The molecule has 1 heterocycles. The highest BCUT2D eigenvalue weighted by Crippen LogP contribution is 1.89. The molecule has 1 N–H and O–H groups in total. The van der Waals surface area contributed by atoms with Gasteiger partial charge in [0.2, 0.25) is 0 Å². The molecule has 0 spiro atoms. The molecule has 0 fully saturated rings. The SMILES string of the molecule is CCOC(=O)n1cc(C)[nH]c1=O. The summed E-state index contributed by atoms with van der Waals surface area (Å²) >= 11 is 0. The fourth-order valence-electron chi connectivity index (χ4n) is 0.842. The molecule has 0 unspecified atom stereocenters. The van der Waals surface area contributed by atoms with Crippen molar-refractivity contribution in [2.45, 2.75) is 13.8 Å². The lowest BCUT2D eigenvalue weighted by Gasteiger charge is -1.98. The molecule has 0 bridgehead atoms. The fourth-order valence-corrected chi connectivity index (χ4v) is 0.842. The predicted molar refractivity (Wildman–Crippen MR) is 42.2 cm³/mol. The summed E-state index contributed by atoms with van der Waals surface area (Å²) < 4.78 is 5.53. The molecule has 0 aromatic carbocycles. The first-order chi connectivity index (χ1) is 5.65. The number of aryl methyl sites for hydroxylation is 1. The van der Waals surface area contributed by atoms with Gasteiger partial charge in [0, 0.05) is 11.9 Å². The molecule has 0 amide bonds. The summed E-state index contributed by atoms with van der Waals surface area (Å²) in [6.45, 7) is 3.63. The van der Waals surface area contributed by atoms with Crippen LogP contribution in [0, 0.1) is 6.92 Å². The lowest BCUT2D eigenvalue weighted by Crippen LogP contribution is -2.24. The van der Waals surface area contributed by atoms with E-state index in [1.54, 1.807) is 13.8 Å². The van der Waals surface area contributed by atoms with Crippen molar-refractivity contribution in [3.8, 4) is 0 Å². The lowest BCUT2D eigenvalue weighted by atomic mass is 10.6. The van der Waals surface area contributed by atoms with Crippen LogP contribution in [0.2, 0.25) is 0 Å². The van der Waals surface area contributed by atoms with Gasteiger partial charge in [-0.25, -0.2) is 14.2 Å². The molecule has 66 valence electrons. The molecule has 1 aromatic heterocycles. The first-order valence-corrected chi connectivity index (χ1v) is 3.60. The summed E-state index contributed by atoms with van der Waals surface area (Å²) in [5, 5.41) is 0. The van der Waals surface area contributed by atoms with Crippen molar-refractivity contribution < 1.29 is 9.53 Å². The number of hydrogen-bond donors (Lipinski definition) is 1. The van der Waals surface area contributed by atoms with Crippen LogP contribution in [0.15, 0.2) is 11.0 Å². The van der Waals surface area contributed by atoms with Crippen LogP contribution < -0.4 is 5.69 Å². The van der Waals surface area contributed by atoms with Gasteiger partial charge in [-0.2, -0.15) is 0 Å². The van der Waals surface area contributed by atoms with Crippen molar-refractivity contribution in [3.63, 3.8) is 0 Å². The molecular weight excluding hydrogens is 160 g/mol. The zero-order valence-corrected chi connectivity index (χ0v) is 6.96. The van der Waals surface area contributed by atoms with Gasteiger partial charge in [-0.05, 0) is 13.8 Å². The normalized spacial score (nSPS) is 9.83. The summed E-state index contributed by atoms with van der Waals surface area (Å²) in [7, 11) is 0. The molecule has 5 nitrogen and oxygen atoms in total. The number of hydrogen-bond acceptors (Lipinski definition) is 3. The van der Waals surface area contributed by atoms with Crippen molar-refractivity contribution in [2.75, 3.05) is 6.61 Å². The van der Waals surface area contributed by atoms with Crippen LogP contribution in [0.3, 0.4) is 0 Å². The van der Waals surface area contributed by atoms with Gasteiger partial charge in [0.15, 0.2) is 0 Å². The van der Waals surface area contributed by atoms with Crippen molar-refractivity contribution in [1.29, 1.82) is 0 Å². The van der Waals surface area contributed by atoms with Crippen LogP contribution in [0.1, 0.15) is 12.6 Å². The molecule has 0 radical (unpaired) electrons. The van der Waals surface area contributed by atoms with E-state index in [4.69, 9.17) is 0 Å². The van der Waals surface area contributed by atoms with Gasteiger partial charge in [-0.15, -0.1) is 0 Å². The number of carbonyl (C=O) groups is 1. The minimum atomic E-state index is -0.646. The molecule has 0 saturated carbocycles. The van der Waals surface area contributed by atoms with E-state index in [2.05, 4.69) is 9.72 Å². The third kappa shape index (κ3) is 1.55. The van der Waals surface area contributed by atoms with E-state index in [1.165, 1.54) is 6.20 Å². The van der Waals surface area contributed by atoms with Gasteiger partial charge in [-0.1, -0.05) is 0 Å². The third-order valence-corrected chi connectivity index (χ3v) is 1.31. The summed E-state index contributed by atoms with van der Waals surface area (Å²) in [6.07, 6.45) is 0.757. The highest BCUT2D eigenvalue weighted by Gasteiger charge is 2.08. The van der Waals surface area contributed by atoms with Crippen LogP contribution in [0.5, 0.6) is 0 Å². The summed E-state index contributed by atoms with van der Waals surface area (Å²) in [6, 6.07) is 0. The number of ether oxygens (including phenoxy) is 1. The zero-order chi connectivity index (χ0) is 9.14. The molecule has 0 aliphatic rings. The second-order valence-corrected chi connectivity index (χ2v) is 2.31. The Morgan fingerprint density at radius 3 is 2.83 bits per heavy atom. The number of carbonyl (C=O) groups excluding carboxylic acids is 1. The van der Waals surface area contributed by atoms with Crippen molar-refractivity contribution in [1.82, 2.24) is 9.55 Å². The van der Waals surface area contributed by atoms with Crippen molar-refractivity contribution in [3.05, 3.63) is 22.4 Å². The number of H-pyrrole nitrogens is 1. The third-order valence-electron chi connectivity index (χ3n) is 1.31. The number of rotatable bonds is 1. The Bertz CT molecular complexity index is 337. The van der Waals surface area contributed by atoms with Crippen LogP contribution >= 0.6 is 0 Å². The van der Waals surface area contributed by atoms with Gasteiger partial charge >= 0.3 is 11.8 Å². The van der Waals surface area contributed by atoms with Gasteiger partial charge in [0.25, 0.3) is 0 Å². The Labute approximate surface area is 69.0 Å². The predicted octanol–water partition coefficient (Wildman–Crippen LogP) is 0.489. The zero-order valence-electron chi connectivity index (χ0n) is 6.96. The topological polar surface area (TPSA) is 64.1 Å². The van der Waals surface area contributed by atoms with Crippen LogP contribution in [0.4, 0.5) is 4.79 Å². The maximum atomic E-state index is 11.0. The highest BCUT2D eigenvalue weighted by atomic mass is 16.5. The van der Waals surface area contributed by atoms with E-state index < -0.39 is 11.8 Å². The number of nitrogens with one attached hydrogen (secondary N) is 1. The van der Waals surface area contributed by atoms with Crippen LogP contribution in [0.25, 0.3) is 0 Å². The maximum Gasteiger partial charge on any atom is 0.422 e. The van der Waals surface area contributed by atoms with E-state index in [1.807, 2.05) is 0 Å². The first kappa shape index (κ1) is 8.58. The Kier molecular flexibility index (Phi) is 2.32. The quantitative estimate of drug-likeness (QED) is 0.667. The molecule has 1 rings (SSSR count). The van der Waals surface area contributed by atoms with E-state index in [-0.39, 0.29) is 6.61 Å². The Balaban J connectivity index is 2.95. The molecule has 0 atom stereocenters. The van der Waals surface area contributed by atoms with Crippen molar-refractivity contribution in [2.24, 2.45) is 0 Å². The molecule has 0 aliphatic heterocycles. The van der Waals surface area contributed by atoms with E-state index in [0.29, 0.717) is 5.69 Å². The van der Waals surface area contributed by atoms with E-state index >= 15 is 0 Å². The molecule has 0 aliphatic carbocycles. The second-order valence-electron chi connectivity index (χ2n) is 2.31. The standard InChI is InChI=1S/C7H10N2O3/c1-3-12-7(11)9-4-5(2)8-6(9)10/h4H,3H2,1-2H3,(H,8,10). The maximum absolute atomic E-state index is 11.0. The molecule has 1 aromatic rings. The molecular formula is C7H10N2O3. The fraction of sp³-hybridized carbons (Fsp3) is 0.429. The lowest BCUT2D eigenvalue weighted by molar-refractivity contribution is 0.153. The summed E-state index contributed by atoms with van der Waals surface area (Å²) in [5.41, 5.74) is 0.166. The monoisotopic (exact) mass is 170 g/mol. The average Bonchev–Trinajstić information content (AvgIpc) is 2.30. The van der Waals surface area contributed by atoms with E-state index in [9.17, 15) is 9.59 Å². The van der Waals surface area contributed by atoms with Crippen LogP contribution in [-0.4, -0.2) is 22.3 Å². The minimum Gasteiger partial charge on any atom is -0.449 e. The summed E-state index contributed by atoms with van der Waals surface area (Å²) in [5.74, 6) is 0.